The number of benzene rings is 1. The molecular formula is C15H21N3. The van der Waals surface area contributed by atoms with Gasteiger partial charge < -0.3 is 9.88 Å². The normalized spacial score (nSPS) is 11.1. The summed E-state index contributed by atoms with van der Waals surface area (Å²) < 4.78 is 0. The summed E-state index contributed by atoms with van der Waals surface area (Å²) in [5.41, 5.74) is 2.35. The number of nitrogens with zero attached hydrogens (tertiary/aromatic N) is 2. The molecule has 96 valence electrons. The number of imidazole rings is 1. The first-order valence-corrected chi connectivity index (χ1v) is 6.65. The van der Waals surface area contributed by atoms with E-state index in [0.717, 1.165) is 37.4 Å². The van der Waals surface area contributed by atoms with Gasteiger partial charge in [-0.05, 0) is 13.1 Å². The lowest BCUT2D eigenvalue weighted by molar-refractivity contribution is 0.307. The minimum Gasteiger partial charge on any atom is -0.342 e. The minimum absolute atomic E-state index is 0.963. The van der Waals surface area contributed by atoms with E-state index in [1.165, 1.54) is 5.69 Å². The zero-order chi connectivity index (χ0) is 12.8. The van der Waals surface area contributed by atoms with Crippen molar-refractivity contribution in [2.45, 2.75) is 20.3 Å². The third-order valence-electron chi connectivity index (χ3n) is 3.27. The molecule has 0 aliphatic heterocycles. The van der Waals surface area contributed by atoms with Crippen molar-refractivity contribution in [3.63, 3.8) is 0 Å². The summed E-state index contributed by atoms with van der Waals surface area (Å²) >= 11 is 0. The molecule has 1 N–H and O–H groups in total. The maximum absolute atomic E-state index is 4.44. The zero-order valence-electron chi connectivity index (χ0n) is 11.2. The number of H-pyrrole nitrogens is 1. The fourth-order valence-corrected chi connectivity index (χ4v) is 2.05. The van der Waals surface area contributed by atoms with E-state index < -0.39 is 0 Å². The lowest BCUT2D eigenvalue weighted by Crippen LogP contribution is -2.25. The van der Waals surface area contributed by atoms with E-state index >= 15 is 0 Å². The van der Waals surface area contributed by atoms with Gasteiger partial charge in [-0.15, -0.1) is 0 Å². The average Bonchev–Trinajstić information content (AvgIpc) is 2.90. The van der Waals surface area contributed by atoms with E-state index in [2.05, 4.69) is 40.8 Å². The van der Waals surface area contributed by atoms with Gasteiger partial charge in [0.2, 0.25) is 0 Å². The Morgan fingerprint density at radius 3 is 2.50 bits per heavy atom. The summed E-state index contributed by atoms with van der Waals surface area (Å²) in [5.74, 6) is 0.963. The Kier molecular flexibility index (Phi) is 4.53. The summed E-state index contributed by atoms with van der Waals surface area (Å²) in [6, 6.07) is 10.2. The molecule has 2 rings (SSSR count). The number of rotatable bonds is 6. The maximum atomic E-state index is 4.44. The maximum Gasteiger partial charge on any atom is 0.137 e. The van der Waals surface area contributed by atoms with Gasteiger partial charge in [0.25, 0.3) is 0 Å². The first-order valence-electron chi connectivity index (χ1n) is 6.65. The molecule has 0 aliphatic rings. The van der Waals surface area contributed by atoms with E-state index in [0.29, 0.717) is 0 Å². The van der Waals surface area contributed by atoms with Crippen LogP contribution in [0.25, 0.3) is 11.4 Å². The van der Waals surface area contributed by atoms with Crippen LogP contribution < -0.4 is 0 Å². The summed E-state index contributed by atoms with van der Waals surface area (Å²) in [6.07, 6.45) is 2.98. The number of aromatic amines is 1. The van der Waals surface area contributed by atoms with Crippen LogP contribution in [0.1, 0.15) is 19.5 Å². The molecule has 1 heterocycles. The van der Waals surface area contributed by atoms with Gasteiger partial charge in [0.1, 0.15) is 5.82 Å². The molecule has 0 amide bonds. The molecule has 0 saturated carbocycles. The van der Waals surface area contributed by atoms with E-state index in [1.807, 2.05) is 24.4 Å². The van der Waals surface area contributed by atoms with E-state index in [4.69, 9.17) is 0 Å². The fraction of sp³-hybridized carbons (Fsp3) is 0.400. The van der Waals surface area contributed by atoms with Crippen molar-refractivity contribution >= 4 is 0 Å². The van der Waals surface area contributed by atoms with Crippen LogP contribution in [0.4, 0.5) is 0 Å². The fourth-order valence-electron chi connectivity index (χ4n) is 2.05. The monoisotopic (exact) mass is 243 g/mol. The third kappa shape index (κ3) is 3.20. The Morgan fingerprint density at radius 1 is 1.11 bits per heavy atom. The zero-order valence-corrected chi connectivity index (χ0v) is 11.2. The summed E-state index contributed by atoms with van der Waals surface area (Å²) in [7, 11) is 0. The third-order valence-corrected chi connectivity index (χ3v) is 3.27. The van der Waals surface area contributed by atoms with E-state index in [9.17, 15) is 0 Å². The van der Waals surface area contributed by atoms with Gasteiger partial charge in [-0.25, -0.2) is 4.98 Å². The lowest BCUT2D eigenvalue weighted by Gasteiger charge is -2.16. The van der Waals surface area contributed by atoms with Crippen molar-refractivity contribution in [3.8, 4) is 11.4 Å². The smallest absolute Gasteiger partial charge is 0.137 e. The molecule has 0 saturated heterocycles. The lowest BCUT2D eigenvalue weighted by atomic mass is 10.2. The first-order chi connectivity index (χ1) is 8.83. The highest BCUT2D eigenvalue weighted by molar-refractivity contribution is 5.54. The molecule has 0 radical (unpaired) electrons. The Hall–Kier alpha value is -1.61. The van der Waals surface area contributed by atoms with Crippen LogP contribution in [0.3, 0.4) is 0 Å². The minimum atomic E-state index is 0.963. The van der Waals surface area contributed by atoms with Crippen molar-refractivity contribution in [2.24, 2.45) is 0 Å². The van der Waals surface area contributed by atoms with Crippen LogP contribution in [0.2, 0.25) is 0 Å². The Labute approximate surface area is 109 Å². The predicted molar refractivity (Wildman–Crippen MR) is 75.5 cm³/mol. The molecule has 0 bridgehead atoms. The molecule has 0 fully saturated rings. The molecule has 2 aromatic rings. The Balaban J connectivity index is 1.98. The van der Waals surface area contributed by atoms with Gasteiger partial charge in [-0.2, -0.15) is 0 Å². The second kappa shape index (κ2) is 6.36. The SMILES string of the molecule is CCN(CC)CCc1cnc(-c2ccccc2)[nH]1. The quantitative estimate of drug-likeness (QED) is 0.846. The van der Waals surface area contributed by atoms with Crippen LogP contribution in [0.15, 0.2) is 36.5 Å². The van der Waals surface area contributed by atoms with Gasteiger partial charge >= 0.3 is 0 Å². The van der Waals surface area contributed by atoms with E-state index in [-0.39, 0.29) is 0 Å². The van der Waals surface area contributed by atoms with Crippen molar-refractivity contribution in [1.82, 2.24) is 14.9 Å². The van der Waals surface area contributed by atoms with Crippen molar-refractivity contribution in [3.05, 3.63) is 42.2 Å². The largest absolute Gasteiger partial charge is 0.342 e. The molecule has 3 nitrogen and oxygen atoms in total. The first kappa shape index (κ1) is 12.8. The number of aromatic nitrogens is 2. The number of hydrogen-bond acceptors (Lipinski definition) is 2. The standard InChI is InChI=1S/C15H21N3/c1-3-18(4-2)11-10-14-12-16-15(17-14)13-8-6-5-7-9-13/h5-9,12H,3-4,10-11H2,1-2H3,(H,16,17). The molecule has 1 aromatic heterocycles. The predicted octanol–water partition coefficient (Wildman–Crippen LogP) is 2.96. The van der Waals surface area contributed by atoms with E-state index in [1.54, 1.807) is 0 Å². The number of hydrogen-bond donors (Lipinski definition) is 1. The molecule has 0 spiro atoms. The van der Waals surface area contributed by atoms with Crippen LogP contribution >= 0.6 is 0 Å². The van der Waals surface area contributed by atoms with Gasteiger partial charge in [0.15, 0.2) is 0 Å². The Bertz CT molecular complexity index is 458. The second-order valence-electron chi connectivity index (χ2n) is 4.40. The summed E-state index contributed by atoms with van der Waals surface area (Å²) in [5, 5.41) is 0. The highest BCUT2D eigenvalue weighted by atomic mass is 15.1. The van der Waals surface area contributed by atoms with Gasteiger partial charge in [0.05, 0.1) is 0 Å². The van der Waals surface area contributed by atoms with Crippen molar-refractivity contribution in [2.75, 3.05) is 19.6 Å². The summed E-state index contributed by atoms with van der Waals surface area (Å²) in [4.78, 5) is 10.3. The topological polar surface area (TPSA) is 31.9 Å². The van der Waals surface area contributed by atoms with Gasteiger partial charge in [-0.1, -0.05) is 44.2 Å². The van der Waals surface area contributed by atoms with Gasteiger partial charge in [0, 0.05) is 30.4 Å². The molecule has 0 aliphatic carbocycles. The average molecular weight is 243 g/mol. The Morgan fingerprint density at radius 2 is 1.83 bits per heavy atom. The van der Waals surface area contributed by atoms with Crippen LogP contribution in [-0.2, 0) is 6.42 Å². The molecule has 3 heteroatoms. The highest BCUT2D eigenvalue weighted by Gasteiger charge is 2.04. The highest BCUT2D eigenvalue weighted by Crippen LogP contribution is 2.14. The number of nitrogens with one attached hydrogen (secondary N) is 1. The van der Waals surface area contributed by atoms with Crippen molar-refractivity contribution in [1.29, 1.82) is 0 Å². The van der Waals surface area contributed by atoms with Crippen LogP contribution in [0, 0.1) is 0 Å². The van der Waals surface area contributed by atoms with Gasteiger partial charge in [-0.3, -0.25) is 0 Å². The second-order valence-corrected chi connectivity index (χ2v) is 4.40. The van der Waals surface area contributed by atoms with Crippen LogP contribution in [-0.4, -0.2) is 34.5 Å². The molecular weight excluding hydrogens is 222 g/mol. The number of likely N-dealkylation sites (N-methyl/N-ethyl adjacent to an activating group) is 1. The van der Waals surface area contributed by atoms with Crippen LogP contribution in [0.5, 0.6) is 0 Å². The molecule has 18 heavy (non-hydrogen) atoms. The summed E-state index contributed by atoms with van der Waals surface area (Å²) in [6.45, 7) is 7.70. The molecule has 0 atom stereocenters. The molecule has 0 unspecified atom stereocenters. The van der Waals surface area contributed by atoms with Crippen molar-refractivity contribution < 1.29 is 0 Å². The molecule has 1 aromatic carbocycles.